The molecule has 6 rings (SSSR count). The smallest absolute Gasteiger partial charge is 0.330 e. The molecule has 0 radical (unpaired) electrons. The van der Waals surface area contributed by atoms with Crippen molar-refractivity contribution in [2.75, 3.05) is 0 Å². The van der Waals surface area contributed by atoms with Gasteiger partial charge >= 0.3 is 6.18 Å². The molecule has 0 bridgehead atoms. The van der Waals surface area contributed by atoms with Crippen LogP contribution < -0.4 is 5.56 Å². The second-order valence-corrected chi connectivity index (χ2v) is 10.9. The molecule has 5 aromatic rings. The summed E-state index contributed by atoms with van der Waals surface area (Å²) in [5.74, 6) is -0.415. The lowest BCUT2D eigenvalue weighted by Crippen LogP contribution is -2.46. The predicted octanol–water partition coefficient (Wildman–Crippen LogP) is 4.74. The van der Waals surface area contributed by atoms with E-state index in [0.717, 1.165) is 6.07 Å². The summed E-state index contributed by atoms with van der Waals surface area (Å²) < 4.78 is 43.4. The Kier molecular flexibility index (Phi) is 6.67. The van der Waals surface area contributed by atoms with E-state index < -0.39 is 23.7 Å². The number of alkyl halides is 3. The molecule has 1 atom stereocenters. The second kappa shape index (κ2) is 10.1. The molecule has 0 saturated heterocycles. The Morgan fingerprint density at radius 1 is 1.07 bits per heavy atom. The maximum Gasteiger partial charge on any atom is 0.417 e. The van der Waals surface area contributed by atoms with Crippen molar-refractivity contribution in [1.82, 2.24) is 39.2 Å². The van der Waals surface area contributed by atoms with Crippen molar-refractivity contribution in [2.45, 2.75) is 46.0 Å². The highest BCUT2D eigenvalue weighted by molar-refractivity contribution is 9.10. The van der Waals surface area contributed by atoms with E-state index >= 15 is 0 Å². The molecule has 214 valence electrons. The lowest BCUT2D eigenvalue weighted by Gasteiger charge is -2.34. The van der Waals surface area contributed by atoms with Gasteiger partial charge in [0.15, 0.2) is 5.65 Å². The molecule has 5 heterocycles. The Morgan fingerprint density at radius 3 is 2.55 bits per heavy atom. The van der Waals surface area contributed by atoms with Crippen LogP contribution in [0.2, 0.25) is 0 Å². The summed E-state index contributed by atoms with van der Waals surface area (Å²) in [6.45, 7) is 5.31. The normalized spacial score (nSPS) is 15.2. The number of hydrogen-bond donors (Lipinski definition) is 0. The first-order valence-corrected chi connectivity index (χ1v) is 13.6. The lowest BCUT2D eigenvalue weighted by atomic mass is 9.98. The van der Waals surface area contributed by atoms with E-state index in [4.69, 9.17) is 4.98 Å². The molecule has 4 aromatic heterocycles. The van der Waals surface area contributed by atoms with E-state index in [1.807, 2.05) is 19.9 Å². The van der Waals surface area contributed by atoms with Crippen LogP contribution in [0.25, 0.3) is 22.8 Å². The van der Waals surface area contributed by atoms with Crippen molar-refractivity contribution in [1.29, 1.82) is 0 Å². The number of aryl methyl sites for hydroxylation is 2. The summed E-state index contributed by atoms with van der Waals surface area (Å²) >= 11 is 2.92. The third-order valence-corrected chi connectivity index (χ3v) is 7.83. The van der Waals surface area contributed by atoms with E-state index in [0.29, 0.717) is 39.5 Å². The minimum absolute atomic E-state index is 0.0728. The van der Waals surface area contributed by atoms with Crippen LogP contribution in [0.15, 0.2) is 58.2 Å². The molecule has 1 unspecified atom stereocenters. The zero-order valence-electron chi connectivity index (χ0n) is 22.5. The van der Waals surface area contributed by atoms with Crippen LogP contribution in [0.1, 0.15) is 45.5 Å². The number of hydrogen-bond acceptors (Lipinski definition) is 7. The molecule has 10 nitrogen and oxygen atoms in total. The minimum Gasteiger partial charge on any atom is -0.330 e. The first kappa shape index (κ1) is 27.7. The Morgan fingerprint density at radius 2 is 1.83 bits per heavy atom. The second-order valence-electron chi connectivity index (χ2n) is 10.1. The van der Waals surface area contributed by atoms with Gasteiger partial charge < -0.3 is 4.90 Å². The average Bonchev–Trinajstić information content (AvgIpc) is 3.29. The molecular weight excluding hydrogens is 617 g/mol. The predicted molar refractivity (Wildman–Crippen MR) is 150 cm³/mol. The van der Waals surface area contributed by atoms with Crippen molar-refractivity contribution in [3.8, 4) is 11.6 Å². The number of nitrogens with zero attached hydrogens (tertiary/aromatic N) is 8. The number of pyridine rings is 1. The standard InChI is InChI=1S/C28H22BrF3N8O2/c1-14-8-16(3)40(37-14)27-36-23-13-38(25(41)17-4-5-21(29)20(10-17)28(30,31)32)15(2)9-19(23)26(42)39(27)18-11-22-24(35-12-18)34-7-6-33-22/h4-8,10-12,15H,9,13H2,1-3H3. The number of benzene rings is 1. The third kappa shape index (κ3) is 4.74. The Hall–Kier alpha value is -4.46. The number of aromatic nitrogens is 7. The fourth-order valence-electron chi connectivity index (χ4n) is 5.14. The first-order chi connectivity index (χ1) is 19.9. The average molecular weight is 639 g/mol. The molecule has 1 aromatic carbocycles. The molecule has 14 heteroatoms. The highest BCUT2D eigenvalue weighted by atomic mass is 79.9. The zero-order chi connectivity index (χ0) is 29.9. The van der Waals surface area contributed by atoms with Crippen molar-refractivity contribution in [3.05, 3.63) is 97.5 Å². The van der Waals surface area contributed by atoms with Gasteiger partial charge in [-0.15, -0.1) is 0 Å². The van der Waals surface area contributed by atoms with Gasteiger partial charge in [0.05, 0.1) is 35.4 Å². The van der Waals surface area contributed by atoms with Crippen molar-refractivity contribution < 1.29 is 18.0 Å². The SMILES string of the molecule is Cc1cc(C)n(-c2nc3c(c(=O)n2-c2cnc4nccnc4c2)CC(C)N(C(=O)c2ccc(Br)c(C(F)(F)F)c2)C3)n1. The van der Waals surface area contributed by atoms with Crippen molar-refractivity contribution in [3.63, 3.8) is 0 Å². The number of carbonyl (C=O) groups is 1. The van der Waals surface area contributed by atoms with Gasteiger partial charge in [0.25, 0.3) is 11.5 Å². The van der Waals surface area contributed by atoms with Crippen LogP contribution >= 0.6 is 15.9 Å². The molecular formula is C28H22BrF3N8O2. The van der Waals surface area contributed by atoms with E-state index in [2.05, 4.69) is 36.0 Å². The lowest BCUT2D eigenvalue weighted by molar-refractivity contribution is -0.138. The van der Waals surface area contributed by atoms with Crippen LogP contribution in [0.4, 0.5) is 13.2 Å². The molecule has 1 aliphatic heterocycles. The van der Waals surface area contributed by atoms with Gasteiger partial charge in [-0.1, -0.05) is 15.9 Å². The van der Waals surface area contributed by atoms with Gasteiger partial charge in [0, 0.05) is 39.7 Å². The molecule has 0 saturated carbocycles. The van der Waals surface area contributed by atoms with E-state index in [9.17, 15) is 22.8 Å². The van der Waals surface area contributed by atoms with Gasteiger partial charge in [-0.25, -0.2) is 24.2 Å². The van der Waals surface area contributed by atoms with Crippen LogP contribution in [-0.2, 0) is 19.1 Å². The molecule has 0 aliphatic carbocycles. The summed E-state index contributed by atoms with van der Waals surface area (Å²) in [6, 6.07) is 6.41. The highest BCUT2D eigenvalue weighted by Crippen LogP contribution is 2.36. The van der Waals surface area contributed by atoms with Gasteiger partial charge in [-0.05, 0) is 57.5 Å². The van der Waals surface area contributed by atoms with Gasteiger partial charge in [-0.2, -0.15) is 18.3 Å². The van der Waals surface area contributed by atoms with Crippen LogP contribution in [0.3, 0.4) is 0 Å². The molecule has 42 heavy (non-hydrogen) atoms. The molecule has 0 fully saturated rings. The molecule has 1 amide bonds. The maximum atomic E-state index is 14.1. The Balaban J connectivity index is 1.48. The molecule has 0 spiro atoms. The fourth-order valence-corrected chi connectivity index (χ4v) is 5.61. The van der Waals surface area contributed by atoms with E-state index in [1.165, 1.54) is 44.9 Å². The maximum absolute atomic E-state index is 14.1. The largest absolute Gasteiger partial charge is 0.417 e. The topological polar surface area (TPSA) is 112 Å². The van der Waals surface area contributed by atoms with Crippen molar-refractivity contribution >= 4 is 33.0 Å². The van der Waals surface area contributed by atoms with Crippen LogP contribution in [0, 0.1) is 13.8 Å². The summed E-state index contributed by atoms with van der Waals surface area (Å²) in [5.41, 5.74) is 2.03. The third-order valence-electron chi connectivity index (χ3n) is 7.14. The number of fused-ring (bicyclic) bond motifs is 2. The Labute approximate surface area is 245 Å². The van der Waals surface area contributed by atoms with Crippen LogP contribution in [0.5, 0.6) is 0 Å². The summed E-state index contributed by atoms with van der Waals surface area (Å²) in [5, 5.41) is 4.53. The first-order valence-electron chi connectivity index (χ1n) is 12.9. The minimum atomic E-state index is -4.64. The molecule has 1 aliphatic rings. The Bertz CT molecular complexity index is 1950. The number of halogens is 4. The summed E-state index contributed by atoms with van der Waals surface area (Å²) in [6.07, 6.45) is 0.0680. The highest BCUT2D eigenvalue weighted by Gasteiger charge is 2.36. The molecule has 0 N–H and O–H groups in total. The monoisotopic (exact) mass is 638 g/mol. The van der Waals surface area contributed by atoms with E-state index in [1.54, 1.807) is 13.0 Å². The zero-order valence-corrected chi connectivity index (χ0v) is 24.1. The van der Waals surface area contributed by atoms with E-state index in [-0.39, 0.29) is 34.5 Å². The quantitative estimate of drug-likeness (QED) is 0.281. The van der Waals surface area contributed by atoms with Crippen LogP contribution in [-0.4, -0.2) is 51.1 Å². The van der Waals surface area contributed by atoms with Gasteiger partial charge in [0.2, 0.25) is 5.95 Å². The number of amides is 1. The number of carbonyl (C=O) groups excluding carboxylic acids is 1. The summed E-state index contributed by atoms with van der Waals surface area (Å²) in [7, 11) is 0. The van der Waals surface area contributed by atoms with Gasteiger partial charge in [-0.3, -0.25) is 14.6 Å². The number of rotatable bonds is 3. The summed E-state index contributed by atoms with van der Waals surface area (Å²) in [4.78, 5) is 46.8. The van der Waals surface area contributed by atoms with Gasteiger partial charge in [0.1, 0.15) is 5.52 Å². The fraction of sp³-hybridized carbons (Fsp3) is 0.250. The van der Waals surface area contributed by atoms with Crippen molar-refractivity contribution in [2.24, 2.45) is 0 Å².